The molecular formula is C10H6FN5O. The minimum absolute atomic E-state index is 0.0462. The Hall–Kier alpha value is -2.75. The van der Waals surface area contributed by atoms with Gasteiger partial charge < -0.3 is 5.32 Å². The van der Waals surface area contributed by atoms with Gasteiger partial charge >= 0.3 is 0 Å². The summed E-state index contributed by atoms with van der Waals surface area (Å²) in [6.07, 6.45) is 2.22. The number of anilines is 1. The molecule has 0 bridgehead atoms. The van der Waals surface area contributed by atoms with Gasteiger partial charge in [0.25, 0.3) is 5.91 Å². The second-order valence-corrected chi connectivity index (χ2v) is 3.09. The van der Waals surface area contributed by atoms with Crippen molar-refractivity contribution in [1.82, 2.24) is 15.2 Å². The molecule has 2 aromatic rings. The van der Waals surface area contributed by atoms with Gasteiger partial charge in [0.1, 0.15) is 29.0 Å². The van der Waals surface area contributed by atoms with Crippen LogP contribution in [0.3, 0.4) is 0 Å². The van der Waals surface area contributed by atoms with Gasteiger partial charge in [0.05, 0.1) is 12.4 Å². The molecular weight excluding hydrogens is 225 g/mol. The van der Waals surface area contributed by atoms with Gasteiger partial charge in [-0.05, 0) is 12.1 Å². The summed E-state index contributed by atoms with van der Waals surface area (Å²) in [5.74, 6) is -0.893. The van der Waals surface area contributed by atoms with Gasteiger partial charge in [0, 0.05) is 0 Å². The molecule has 0 fully saturated rings. The zero-order chi connectivity index (χ0) is 12.3. The first-order valence-corrected chi connectivity index (χ1v) is 4.57. The zero-order valence-electron chi connectivity index (χ0n) is 8.44. The summed E-state index contributed by atoms with van der Waals surface area (Å²) < 4.78 is 12.6. The fourth-order valence-corrected chi connectivity index (χ4v) is 1.15. The average molecular weight is 231 g/mol. The molecule has 1 amide bonds. The van der Waals surface area contributed by atoms with Crippen molar-refractivity contribution in [3.8, 4) is 6.07 Å². The highest BCUT2D eigenvalue weighted by molar-refractivity contribution is 6.02. The maximum absolute atomic E-state index is 12.6. The number of hydrogen-bond donors (Lipinski definition) is 2. The predicted molar refractivity (Wildman–Crippen MR) is 55.5 cm³/mol. The Morgan fingerprint density at radius 1 is 1.47 bits per heavy atom. The highest BCUT2D eigenvalue weighted by atomic mass is 19.1. The predicted octanol–water partition coefficient (Wildman–Crippen LogP) is 1.07. The highest BCUT2D eigenvalue weighted by Crippen LogP contribution is 2.10. The van der Waals surface area contributed by atoms with Crippen LogP contribution < -0.4 is 5.32 Å². The number of H-pyrrole nitrogens is 1. The molecule has 0 aliphatic rings. The van der Waals surface area contributed by atoms with Crippen molar-refractivity contribution in [2.24, 2.45) is 0 Å². The molecule has 0 unspecified atom stereocenters. The van der Waals surface area contributed by atoms with E-state index in [1.807, 2.05) is 6.07 Å². The van der Waals surface area contributed by atoms with E-state index in [-0.39, 0.29) is 17.1 Å². The molecule has 2 rings (SSSR count). The minimum Gasteiger partial charge on any atom is -0.304 e. The summed E-state index contributed by atoms with van der Waals surface area (Å²) in [5, 5.41) is 17.2. The first kappa shape index (κ1) is 10.8. The van der Waals surface area contributed by atoms with Gasteiger partial charge in [-0.25, -0.2) is 9.37 Å². The lowest BCUT2D eigenvalue weighted by atomic mass is 10.3. The Morgan fingerprint density at radius 2 is 2.29 bits per heavy atom. The molecule has 0 radical (unpaired) electrons. The molecule has 84 valence electrons. The number of nitrogens with one attached hydrogen (secondary N) is 2. The second-order valence-electron chi connectivity index (χ2n) is 3.09. The lowest BCUT2D eigenvalue weighted by molar-refractivity contribution is 0.102. The molecule has 0 saturated carbocycles. The Balaban J connectivity index is 2.18. The van der Waals surface area contributed by atoms with Crippen molar-refractivity contribution in [3.05, 3.63) is 41.6 Å². The largest absolute Gasteiger partial charge is 0.304 e. The van der Waals surface area contributed by atoms with Crippen LogP contribution in [-0.4, -0.2) is 21.1 Å². The number of halogens is 1. The van der Waals surface area contributed by atoms with Gasteiger partial charge in [-0.3, -0.25) is 9.89 Å². The number of rotatable bonds is 2. The SMILES string of the molecule is N#Cc1cn[nH]c1NC(=O)c1ccc(F)cn1. The van der Waals surface area contributed by atoms with Crippen molar-refractivity contribution in [2.45, 2.75) is 0 Å². The van der Waals surface area contributed by atoms with E-state index in [1.165, 1.54) is 12.3 Å². The third-order valence-corrected chi connectivity index (χ3v) is 1.96. The summed E-state index contributed by atoms with van der Waals surface area (Å²) >= 11 is 0. The maximum atomic E-state index is 12.6. The zero-order valence-corrected chi connectivity index (χ0v) is 8.44. The van der Waals surface area contributed by atoms with Crippen LogP contribution in [0.2, 0.25) is 0 Å². The van der Waals surface area contributed by atoms with Crippen LogP contribution in [0.25, 0.3) is 0 Å². The smallest absolute Gasteiger partial charge is 0.275 e. The number of carbonyl (C=O) groups excluding carboxylic acids is 1. The summed E-state index contributed by atoms with van der Waals surface area (Å²) in [6, 6.07) is 4.22. The Morgan fingerprint density at radius 3 is 2.94 bits per heavy atom. The summed E-state index contributed by atoms with van der Waals surface area (Å²) in [6.45, 7) is 0. The molecule has 17 heavy (non-hydrogen) atoms. The third-order valence-electron chi connectivity index (χ3n) is 1.96. The number of pyridine rings is 1. The van der Waals surface area contributed by atoms with Crippen molar-refractivity contribution in [1.29, 1.82) is 5.26 Å². The molecule has 2 aromatic heterocycles. The van der Waals surface area contributed by atoms with Crippen molar-refractivity contribution < 1.29 is 9.18 Å². The van der Waals surface area contributed by atoms with Crippen molar-refractivity contribution in [2.75, 3.05) is 5.32 Å². The van der Waals surface area contributed by atoms with Crippen molar-refractivity contribution in [3.63, 3.8) is 0 Å². The van der Waals surface area contributed by atoms with E-state index in [2.05, 4.69) is 20.5 Å². The minimum atomic E-state index is -0.550. The van der Waals surface area contributed by atoms with Crippen LogP contribution in [0.5, 0.6) is 0 Å². The number of aromatic amines is 1. The highest BCUT2D eigenvalue weighted by Gasteiger charge is 2.11. The standard InChI is InChI=1S/C10H6FN5O/c11-7-1-2-8(13-5-7)10(17)15-9-6(3-12)4-14-16-9/h1-2,4-5H,(H2,14,15,16,17). The summed E-state index contributed by atoms with van der Waals surface area (Å²) in [7, 11) is 0. The number of amides is 1. The maximum Gasteiger partial charge on any atom is 0.275 e. The second kappa shape index (κ2) is 4.40. The molecule has 0 saturated heterocycles. The van der Waals surface area contributed by atoms with Gasteiger partial charge in [0.15, 0.2) is 0 Å². The monoisotopic (exact) mass is 231 g/mol. The van der Waals surface area contributed by atoms with E-state index in [4.69, 9.17) is 5.26 Å². The fourth-order valence-electron chi connectivity index (χ4n) is 1.15. The molecule has 0 aliphatic carbocycles. The van der Waals surface area contributed by atoms with Crippen LogP contribution in [-0.2, 0) is 0 Å². The summed E-state index contributed by atoms with van der Waals surface area (Å²) in [5.41, 5.74) is 0.255. The van der Waals surface area contributed by atoms with Crippen LogP contribution in [0.15, 0.2) is 24.5 Å². The fraction of sp³-hybridized carbons (Fsp3) is 0. The lowest BCUT2D eigenvalue weighted by Gasteiger charge is -2.01. The van der Waals surface area contributed by atoms with E-state index in [1.54, 1.807) is 0 Å². The van der Waals surface area contributed by atoms with E-state index < -0.39 is 11.7 Å². The van der Waals surface area contributed by atoms with Crippen LogP contribution in [0, 0.1) is 17.1 Å². The summed E-state index contributed by atoms with van der Waals surface area (Å²) in [4.78, 5) is 15.2. The molecule has 0 aliphatic heterocycles. The molecule has 2 heterocycles. The number of aromatic nitrogens is 3. The van der Waals surface area contributed by atoms with Gasteiger partial charge in [-0.1, -0.05) is 0 Å². The quantitative estimate of drug-likeness (QED) is 0.808. The first-order valence-electron chi connectivity index (χ1n) is 4.57. The molecule has 0 atom stereocenters. The van der Waals surface area contributed by atoms with E-state index in [9.17, 15) is 9.18 Å². The lowest BCUT2D eigenvalue weighted by Crippen LogP contribution is -2.14. The number of carbonyl (C=O) groups is 1. The Kier molecular flexibility index (Phi) is 2.79. The number of hydrogen-bond acceptors (Lipinski definition) is 4. The first-order chi connectivity index (χ1) is 8.20. The molecule has 6 nitrogen and oxygen atoms in total. The topological polar surface area (TPSA) is 94.5 Å². The Labute approximate surface area is 95.1 Å². The number of nitrogens with zero attached hydrogens (tertiary/aromatic N) is 3. The molecule has 0 spiro atoms. The van der Waals surface area contributed by atoms with Gasteiger partial charge in [-0.2, -0.15) is 10.4 Å². The van der Waals surface area contributed by atoms with Gasteiger partial charge in [-0.15, -0.1) is 0 Å². The molecule has 2 N–H and O–H groups in total. The molecule has 7 heteroatoms. The van der Waals surface area contributed by atoms with E-state index in [0.717, 1.165) is 12.3 Å². The van der Waals surface area contributed by atoms with Crippen molar-refractivity contribution >= 4 is 11.7 Å². The van der Waals surface area contributed by atoms with Crippen LogP contribution in [0.1, 0.15) is 16.1 Å². The van der Waals surface area contributed by atoms with E-state index >= 15 is 0 Å². The third kappa shape index (κ3) is 2.26. The number of nitriles is 1. The normalized spacial score (nSPS) is 9.65. The van der Waals surface area contributed by atoms with Crippen LogP contribution in [0.4, 0.5) is 10.2 Å². The molecule has 0 aromatic carbocycles. The van der Waals surface area contributed by atoms with Gasteiger partial charge in [0.2, 0.25) is 0 Å². The Bertz CT molecular complexity index is 583. The van der Waals surface area contributed by atoms with E-state index in [0.29, 0.717) is 0 Å². The average Bonchev–Trinajstić information content (AvgIpc) is 2.77. The van der Waals surface area contributed by atoms with Crippen LogP contribution >= 0.6 is 0 Å².